The Kier molecular flexibility index (Phi) is 11.8. The van der Waals surface area contributed by atoms with Gasteiger partial charge >= 0.3 is 0 Å². The van der Waals surface area contributed by atoms with Crippen molar-refractivity contribution < 1.29 is 4.74 Å². The number of nitrogens with zero attached hydrogens (tertiary/aromatic N) is 2. The van der Waals surface area contributed by atoms with Gasteiger partial charge in [0.15, 0.2) is 0 Å². The average molecular weight is 479 g/mol. The average Bonchev–Trinajstić information content (AvgIpc) is 2.70. The second kappa shape index (κ2) is 13.2. The molecule has 0 saturated heterocycles. The lowest BCUT2D eigenvalue weighted by atomic mass is 10.1. The second-order valence-corrected chi connectivity index (χ2v) is 7.12. The maximum absolute atomic E-state index is 5.88. The van der Waals surface area contributed by atoms with Crippen LogP contribution in [-0.4, -0.2) is 54.9 Å². The van der Waals surface area contributed by atoms with Crippen molar-refractivity contribution >= 4 is 75.5 Å². The van der Waals surface area contributed by atoms with Crippen molar-refractivity contribution in [3.63, 3.8) is 0 Å². The fourth-order valence-electron chi connectivity index (χ4n) is 3.33. The molecule has 1 heterocycles. The number of rotatable bonds is 10. The number of anilines is 1. The lowest BCUT2D eigenvalue weighted by Gasteiger charge is -2.20. The van der Waals surface area contributed by atoms with Crippen LogP contribution in [0.5, 0.6) is 5.75 Å². The minimum Gasteiger partial charge on any atom is -0.494 e. The van der Waals surface area contributed by atoms with E-state index in [9.17, 15) is 0 Å². The first-order chi connectivity index (χ1) is 13.3. The van der Waals surface area contributed by atoms with Crippen molar-refractivity contribution in [3.8, 4) is 5.75 Å². The molecule has 0 radical (unpaired) electrons. The molecule has 160 valence electrons. The van der Waals surface area contributed by atoms with Gasteiger partial charge in [-0.2, -0.15) is 0 Å². The molecule has 0 aliphatic carbocycles. The van der Waals surface area contributed by atoms with Gasteiger partial charge in [-0.15, -0.1) is 48.0 Å². The zero-order chi connectivity index (χ0) is 19.1. The summed E-state index contributed by atoms with van der Waals surface area (Å²) in [4.78, 5) is 7.11. The van der Waals surface area contributed by atoms with Gasteiger partial charge in [0, 0.05) is 42.2 Å². The number of pyridine rings is 1. The molecule has 2 aromatic carbocycles. The van der Waals surface area contributed by atoms with Crippen LogP contribution in [0.4, 0.5) is 5.69 Å². The maximum atomic E-state index is 5.88. The lowest BCUT2D eigenvalue weighted by Crippen LogP contribution is -2.30. The van der Waals surface area contributed by atoms with E-state index in [1.807, 2.05) is 30.3 Å². The van der Waals surface area contributed by atoms with Gasteiger partial charge in [0.05, 0.1) is 18.3 Å². The molecule has 4 nitrogen and oxygen atoms in total. The number of alkyl halides is 2. The van der Waals surface area contributed by atoms with E-state index in [-0.39, 0.29) is 24.8 Å². The quantitative estimate of drug-likeness (QED) is 0.226. The minimum atomic E-state index is 0. The van der Waals surface area contributed by atoms with Crippen LogP contribution < -0.4 is 10.1 Å². The summed E-state index contributed by atoms with van der Waals surface area (Å²) in [6.07, 6.45) is 1.01. The summed E-state index contributed by atoms with van der Waals surface area (Å²) in [5.41, 5.74) is 2.95. The molecule has 0 atom stereocenters. The molecule has 3 aromatic rings. The summed E-state index contributed by atoms with van der Waals surface area (Å²) in [5, 5.41) is 5.83. The Labute approximate surface area is 194 Å². The number of benzene rings is 2. The number of methoxy groups -OCH3 is 1. The van der Waals surface area contributed by atoms with Gasteiger partial charge in [-0.1, -0.05) is 30.3 Å². The Bertz CT molecular complexity index is 888. The normalized spacial score (nSPS) is 10.6. The first kappa shape index (κ1) is 25.9. The van der Waals surface area contributed by atoms with Gasteiger partial charge in [0.1, 0.15) is 11.3 Å². The molecule has 1 N–H and O–H groups in total. The predicted molar refractivity (Wildman–Crippen MR) is 131 cm³/mol. The zero-order valence-corrected chi connectivity index (χ0v) is 19.5. The zero-order valence-electron chi connectivity index (χ0n) is 16.4. The molecule has 3 rings (SSSR count). The van der Waals surface area contributed by atoms with Crippen molar-refractivity contribution in [2.45, 2.75) is 6.42 Å². The van der Waals surface area contributed by atoms with E-state index in [4.69, 9.17) is 32.9 Å². The standard InChI is InChI=1S/C21H25Cl2N3O.2ClH/c1-27-19-9-4-7-17-20(16-6-2-3-8-18(16)25-21(17)19)24-12-5-13-26(14-10-22)15-11-23;;/h2-4,6-9H,5,10-15H2,1H3,(H,24,25);2*1H. The van der Waals surface area contributed by atoms with Crippen molar-refractivity contribution in [1.82, 2.24) is 9.88 Å². The molecule has 8 heteroatoms. The third-order valence-corrected chi connectivity index (χ3v) is 4.99. The molecule has 1 aromatic heterocycles. The van der Waals surface area contributed by atoms with Crippen LogP contribution in [0.1, 0.15) is 6.42 Å². The second-order valence-electron chi connectivity index (χ2n) is 6.36. The molecule has 0 saturated carbocycles. The van der Waals surface area contributed by atoms with Gasteiger partial charge in [-0.3, -0.25) is 0 Å². The molecule has 0 bridgehead atoms. The topological polar surface area (TPSA) is 37.4 Å². The van der Waals surface area contributed by atoms with Crippen molar-refractivity contribution in [2.24, 2.45) is 0 Å². The van der Waals surface area contributed by atoms with E-state index >= 15 is 0 Å². The van der Waals surface area contributed by atoms with Crippen LogP contribution in [0.2, 0.25) is 0 Å². The first-order valence-corrected chi connectivity index (χ1v) is 10.3. The van der Waals surface area contributed by atoms with Crippen LogP contribution in [0, 0.1) is 0 Å². The van der Waals surface area contributed by atoms with E-state index in [0.717, 1.165) is 65.8 Å². The molecule has 0 fully saturated rings. The van der Waals surface area contributed by atoms with Crippen molar-refractivity contribution in [3.05, 3.63) is 42.5 Å². The molecule has 0 amide bonds. The van der Waals surface area contributed by atoms with Crippen LogP contribution in [0.25, 0.3) is 21.8 Å². The third-order valence-electron chi connectivity index (χ3n) is 4.65. The molecule has 0 spiro atoms. The highest BCUT2D eigenvalue weighted by molar-refractivity contribution is 6.18. The summed E-state index contributed by atoms with van der Waals surface area (Å²) >= 11 is 11.8. The molecule has 0 aliphatic rings. The Morgan fingerprint density at radius 2 is 1.62 bits per heavy atom. The summed E-state index contributed by atoms with van der Waals surface area (Å²) in [5.74, 6) is 2.05. The van der Waals surface area contributed by atoms with E-state index in [0.29, 0.717) is 11.8 Å². The van der Waals surface area contributed by atoms with E-state index in [1.54, 1.807) is 7.11 Å². The molecule has 0 aliphatic heterocycles. The van der Waals surface area contributed by atoms with Gasteiger partial charge in [0.25, 0.3) is 0 Å². The number of para-hydroxylation sites is 2. The lowest BCUT2D eigenvalue weighted by molar-refractivity contribution is 0.306. The molecular weight excluding hydrogens is 452 g/mol. The number of ether oxygens (including phenoxy) is 1. The highest BCUT2D eigenvalue weighted by Crippen LogP contribution is 2.34. The minimum absolute atomic E-state index is 0. The summed E-state index contributed by atoms with van der Waals surface area (Å²) in [6.45, 7) is 3.57. The fourth-order valence-corrected chi connectivity index (χ4v) is 3.81. The summed E-state index contributed by atoms with van der Waals surface area (Å²) in [6, 6.07) is 14.2. The number of nitrogens with one attached hydrogen (secondary N) is 1. The van der Waals surface area contributed by atoms with Gasteiger partial charge in [0.2, 0.25) is 0 Å². The summed E-state index contributed by atoms with van der Waals surface area (Å²) < 4.78 is 5.52. The van der Waals surface area contributed by atoms with Crippen LogP contribution in [0.3, 0.4) is 0 Å². The van der Waals surface area contributed by atoms with Gasteiger partial charge in [-0.25, -0.2) is 4.98 Å². The molecule has 0 unspecified atom stereocenters. The Balaban J connectivity index is 0.00000210. The molecule has 29 heavy (non-hydrogen) atoms. The van der Waals surface area contributed by atoms with Crippen molar-refractivity contribution in [1.29, 1.82) is 0 Å². The number of hydrogen-bond donors (Lipinski definition) is 1. The van der Waals surface area contributed by atoms with E-state index in [1.165, 1.54) is 0 Å². The van der Waals surface area contributed by atoms with E-state index in [2.05, 4.69) is 22.3 Å². The SMILES string of the molecule is COc1cccc2c(NCCCN(CCCl)CCCl)c3ccccc3nc12.Cl.Cl. The number of halogens is 4. The van der Waals surface area contributed by atoms with Gasteiger partial charge < -0.3 is 15.0 Å². The Morgan fingerprint density at radius 1 is 0.931 bits per heavy atom. The monoisotopic (exact) mass is 477 g/mol. The van der Waals surface area contributed by atoms with E-state index < -0.39 is 0 Å². The van der Waals surface area contributed by atoms with Crippen LogP contribution >= 0.6 is 48.0 Å². The third kappa shape index (κ3) is 6.40. The first-order valence-electron chi connectivity index (χ1n) is 9.22. The largest absolute Gasteiger partial charge is 0.494 e. The Morgan fingerprint density at radius 3 is 2.31 bits per heavy atom. The van der Waals surface area contributed by atoms with Gasteiger partial charge in [-0.05, 0) is 25.1 Å². The maximum Gasteiger partial charge on any atom is 0.145 e. The Hall–Kier alpha value is -1.17. The predicted octanol–water partition coefficient (Wildman–Crippen LogP) is 5.82. The summed E-state index contributed by atoms with van der Waals surface area (Å²) in [7, 11) is 1.68. The van der Waals surface area contributed by atoms with Crippen LogP contribution in [0.15, 0.2) is 42.5 Å². The van der Waals surface area contributed by atoms with Crippen molar-refractivity contribution in [2.75, 3.05) is 50.4 Å². The fraction of sp³-hybridized carbons (Fsp3) is 0.381. The highest BCUT2D eigenvalue weighted by atomic mass is 35.5. The molecular formula is C21H27Cl4N3O. The number of aromatic nitrogens is 1. The number of fused-ring (bicyclic) bond motifs is 2. The van der Waals surface area contributed by atoms with Crippen LogP contribution in [-0.2, 0) is 0 Å². The smallest absolute Gasteiger partial charge is 0.145 e. The highest BCUT2D eigenvalue weighted by Gasteiger charge is 2.12. The number of hydrogen-bond acceptors (Lipinski definition) is 4.